The molecular formula is C30H30ClN5O3. The number of carbonyl (C=O) groups is 1. The summed E-state index contributed by atoms with van der Waals surface area (Å²) in [5, 5.41) is 14.7. The number of nitrogens with zero attached hydrogens (tertiary/aromatic N) is 3. The molecule has 2 aliphatic rings. The maximum Gasteiger partial charge on any atom is 0.176 e. The van der Waals surface area contributed by atoms with Gasteiger partial charge in [0.1, 0.15) is 5.82 Å². The van der Waals surface area contributed by atoms with Gasteiger partial charge in [-0.05, 0) is 73.2 Å². The number of methoxy groups -OCH3 is 1. The molecule has 0 spiro atoms. The molecule has 9 heteroatoms. The first kappa shape index (κ1) is 25.4. The predicted molar refractivity (Wildman–Crippen MR) is 154 cm³/mol. The van der Waals surface area contributed by atoms with Crippen molar-refractivity contribution in [3.05, 3.63) is 65.4 Å². The van der Waals surface area contributed by atoms with E-state index >= 15 is 0 Å². The number of rotatable bonds is 7. The molecule has 4 aromatic rings. The van der Waals surface area contributed by atoms with Crippen molar-refractivity contribution in [2.45, 2.75) is 31.7 Å². The molecule has 3 heterocycles. The summed E-state index contributed by atoms with van der Waals surface area (Å²) < 4.78 is 5.30. The highest BCUT2D eigenvalue weighted by Gasteiger charge is 2.32. The van der Waals surface area contributed by atoms with Crippen LogP contribution in [0.5, 0.6) is 11.5 Å². The Balaban J connectivity index is 1.40. The third-order valence-electron chi connectivity index (χ3n) is 7.54. The van der Waals surface area contributed by atoms with Gasteiger partial charge in [0, 0.05) is 36.6 Å². The van der Waals surface area contributed by atoms with Gasteiger partial charge in [-0.2, -0.15) is 0 Å². The van der Waals surface area contributed by atoms with Crippen molar-refractivity contribution in [2.24, 2.45) is 11.7 Å². The van der Waals surface area contributed by atoms with Crippen molar-refractivity contribution in [3.8, 4) is 22.6 Å². The minimum atomic E-state index is -0.103. The minimum absolute atomic E-state index is 0.0409. The summed E-state index contributed by atoms with van der Waals surface area (Å²) in [6, 6.07) is 13.5. The Kier molecular flexibility index (Phi) is 6.74. The van der Waals surface area contributed by atoms with Gasteiger partial charge in [0.2, 0.25) is 0 Å². The Bertz CT molecular complexity index is 1550. The maximum atomic E-state index is 13.3. The van der Waals surface area contributed by atoms with Crippen LogP contribution in [0.4, 0.5) is 17.2 Å². The predicted octanol–water partition coefficient (Wildman–Crippen LogP) is 5.93. The van der Waals surface area contributed by atoms with Crippen molar-refractivity contribution in [1.82, 2.24) is 9.97 Å². The van der Waals surface area contributed by atoms with E-state index in [1.165, 1.54) is 7.11 Å². The number of aromatic hydroxyl groups is 1. The van der Waals surface area contributed by atoms with E-state index in [1.807, 2.05) is 30.3 Å². The molecule has 4 N–H and O–H groups in total. The summed E-state index contributed by atoms with van der Waals surface area (Å²) in [5.41, 5.74) is 10.5. The molecule has 6 rings (SSSR count). The van der Waals surface area contributed by atoms with Gasteiger partial charge in [0.15, 0.2) is 17.3 Å². The number of nitrogens with one attached hydrogen (secondary N) is 1. The van der Waals surface area contributed by atoms with Gasteiger partial charge in [-0.3, -0.25) is 9.78 Å². The van der Waals surface area contributed by atoms with E-state index in [4.69, 9.17) is 27.1 Å². The summed E-state index contributed by atoms with van der Waals surface area (Å²) in [6.07, 6.45) is 7.19. The second-order valence-corrected chi connectivity index (χ2v) is 10.7. The van der Waals surface area contributed by atoms with E-state index < -0.39 is 0 Å². The lowest BCUT2D eigenvalue weighted by Crippen LogP contribution is -2.40. The summed E-state index contributed by atoms with van der Waals surface area (Å²) in [6.45, 7) is 1.79. The Morgan fingerprint density at radius 2 is 1.85 bits per heavy atom. The summed E-state index contributed by atoms with van der Waals surface area (Å²) in [5.74, 6) is 1.24. The first-order valence-corrected chi connectivity index (χ1v) is 13.6. The SMILES string of the molecule is COc1cc(-c2ccc3ncc(C(=O)C4CC4)c(Nc4ccc(N5CCC(N)CC5)nc4)c3c2)cc(Cl)c1O. The number of nitrogens with two attached hydrogens (primary N) is 1. The fourth-order valence-electron chi connectivity index (χ4n) is 5.08. The minimum Gasteiger partial charge on any atom is -0.503 e. The molecule has 1 aliphatic carbocycles. The van der Waals surface area contributed by atoms with Gasteiger partial charge in [-0.1, -0.05) is 17.7 Å². The van der Waals surface area contributed by atoms with Gasteiger partial charge in [0.05, 0.1) is 40.8 Å². The number of piperidine rings is 1. The molecule has 0 atom stereocenters. The van der Waals surface area contributed by atoms with Crippen LogP contribution in [0.2, 0.25) is 5.02 Å². The highest BCUT2D eigenvalue weighted by Crippen LogP contribution is 2.41. The zero-order valence-corrected chi connectivity index (χ0v) is 22.4. The van der Waals surface area contributed by atoms with Crippen LogP contribution in [0.1, 0.15) is 36.0 Å². The normalized spacial score (nSPS) is 15.9. The molecule has 1 saturated carbocycles. The number of carbonyl (C=O) groups excluding carboxylic acids is 1. The maximum absolute atomic E-state index is 13.3. The lowest BCUT2D eigenvalue weighted by molar-refractivity contribution is 0.0968. The number of ether oxygens (including phenoxy) is 1. The van der Waals surface area contributed by atoms with E-state index in [-0.39, 0.29) is 34.3 Å². The molecule has 1 saturated heterocycles. The van der Waals surface area contributed by atoms with Crippen LogP contribution < -0.4 is 20.7 Å². The second-order valence-electron chi connectivity index (χ2n) is 10.3. The number of aromatic nitrogens is 2. The number of phenols is 1. The van der Waals surface area contributed by atoms with Crippen molar-refractivity contribution in [3.63, 3.8) is 0 Å². The number of halogens is 1. The van der Waals surface area contributed by atoms with E-state index in [9.17, 15) is 9.90 Å². The van der Waals surface area contributed by atoms with Crippen LogP contribution in [0.15, 0.2) is 54.9 Å². The van der Waals surface area contributed by atoms with Crippen LogP contribution in [0.25, 0.3) is 22.0 Å². The molecule has 0 amide bonds. The highest BCUT2D eigenvalue weighted by molar-refractivity contribution is 6.32. The summed E-state index contributed by atoms with van der Waals surface area (Å²) in [7, 11) is 1.48. The molecule has 39 heavy (non-hydrogen) atoms. The van der Waals surface area contributed by atoms with Gasteiger partial charge >= 0.3 is 0 Å². The number of phenolic OH excluding ortho intramolecular Hbond substituents is 1. The molecule has 2 aromatic heterocycles. The zero-order valence-electron chi connectivity index (χ0n) is 21.7. The largest absolute Gasteiger partial charge is 0.503 e. The first-order chi connectivity index (χ1) is 18.9. The van der Waals surface area contributed by atoms with Crippen molar-refractivity contribution in [1.29, 1.82) is 0 Å². The van der Waals surface area contributed by atoms with Crippen LogP contribution >= 0.6 is 11.6 Å². The highest BCUT2D eigenvalue weighted by atomic mass is 35.5. The lowest BCUT2D eigenvalue weighted by atomic mass is 9.98. The van der Waals surface area contributed by atoms with Gasteiger partial charge in [-0.15, -0.1) is 0 Å². The molecule has 2 aromatic carbocycles. The average Bonchev–Trinajstić information content (AvgIpc) is 3.81. The number of hydrogen-bond acceptors (Lipinski definition) is 8. The number of anilines is 3. The number of ketones is 1. The number of fused-ring (bicyclic) bond motifs is 1. The third kappa shape index (κ3) is 5.10. The summed E-state index contributed by atoms with van der Waals surface area (Å²) in [4.78, 5) is 24.9. The monoisotopic (exact) mass is 543 g/mol. The van der Waals surface area contributed by atoms with Crippen LogP contribution in [-0.2, 0) is 0 Å². The number of Topliss-reactive ketones (excluding diaryl/α,β-unsaturated/α-hetero) is 1. The smallest absolute Gasteiger partial charge is 0.176 e. The second kappa shape index (κ2) is 10.4. The summed E-state index contributed by atoms with van der Waals surface area (Å²) >= 11 is 6.27. The van der Waals surface area contributed by atoms with Crippen molar-refractivity contribution < 1.29 is 14.6 Å². The third-order valence-corrected chi connectivity index (χ3v) is 7.83. The van der Waals surface area contributed by atoms with Crippen molar-refractivity contribution >= 4 is 45.5 Å². The molecule has 2 fully saturated rings. The zero-order chi connectivity index (χ0) is 27.1. The van der Waals surface area contributed by atoms with Crippen molar-refractivity contribution in [2.75, 3.05) is 30.4 Å². The van der Waals surface area contributed by atoms with E-state index in [2.05, 4.69) is 15.2 Å². The average molecular weight is 544 g/mol. The molecule has 0 unspecified atom stereocenters. The fourth-order valence-corrected chi connectivity index (χ4v) is 5.29. The molecule has 0 bridgehead atoms. The van der Waals surface area contributed by atoms with Gasteiger partial charge in [0.25, 0.3) is 0 Å². The first-order valence-electron chi connectivity index (χ1n) is 13.2. The quantitative estimate of drug-likeness (QED) is 0.246. The Morgan fingerprint density at radius 1 is 1.05 bits per heavy atom. The van der Waals surface area contributed by atoms with Gasteiger partial charge < -0.3 is 25.8 Å². The molecule has 0 radical (unpaired) electrons. The lowest BCUT2D eigenvalue weighted by Gasteiger charge is -2.31. The van der Waals surface area contributed by atoms with Crippen LogP contribution in [0, 0.1) is 5.92 Å². The molecular weight excluding hydrogens is 514 g/mol. The van der Waals surface area contributed by atoms with Crippen LogP contribution in [-0.4, -0.2) is 47.1 Å². The molecule has 200 valence electrons. The van der Waals surface area contributed by atoms with Crippen LogP contribution in [0.3, 0.4) is 0 Å². The molecule has 8 nitrogen and oxygen atoms in total. The van der Waals surface area contributed by atoms with E-state index in [0.29, 0.717) is 11.3 Å². The number of pyridine rings is 2. The Hall–Kier alpha value is -3.88. The molecule has 1 aliphatic heterocycles. The number of benzene rings is 2. The van der Waals surface area contributed by atoms with Gasteiger partial charge in [-0.25, -0.2) is 4.98 Å². The fraction of sp³-hybridized carbons (Fsp3) is 0.300. The van der Waals surface area contributed by atoms with E-state index in [1.54, 1.807) is 24.5 Å². The Labute approximate surface area is 231 Å². The Morgan fingerprint density at radius 3 is 2.54 bits per heavy atom. The topological polar surface area (TPSA) is 114 Å². The standard InChI is InChI=1S/C30H30ClN5O3/c1-39-26-14-19(13-24(31)30(26)38)18-4-6-25-22(12-18)28(23(16-33-25)29(37)17-2-3-17)35-21-5-7-27(34-15-21)36-10-8-20(32)9-11-36/h4-7,12-17,20,38H,2-3,8-11,32H2,1H3,(H,33,35). The number of hydrogen-bond donors (Lipinski definition) is 3. The van der Waals surface area contributed by atoms with E-state index in [0.717, 1.165) is 72.3 Å².